The summed E-state index contributed by atoms with van der Waals surface area (Å²) in [6, 6.07) is 6.01. The number of rotatable bonds is 6. The van der Waals surface area contributed by atoms with Gasteiger partial charge in [0.05, 0.1) is 43.9 Å². The Morgan fingerprint density at radius 1 is 1.13 bits per heavy atom. The van der Waals surface area contributed by atoms with Crippen LogP contribution in [0.25, 0.3) is 0 Å². The van der Waals surface area contributed by atoms with Crippen molar-refractivity contribution in [3.05, 3.63) is 59.2 Å². The highest BCUT2D eigenvalue weighted by atomic mass is 19.4. The molecule has 2 aromatic rings. The molecule has 1 aromatic carbocycles. The summed E-state index contributed by atoms with van der Waals surface area (Å²) >= 11 is 0. The normalized spacial score (nSPS) is 14.4. The van der Waals surface area contributed by atoms with E-state index in [9.17, 15) is 22.8 Å². The third-order valence-corrected chi connectivity index (χ3v) is 4.36. The molecule has 0 unspecified atom stereocenters. The van der Waals surface area contributed by atoms with Crippen molar-refractivity contribution in [2.75, 3.05) is 32.5 Å². The van der Waals surface area contributed by atoms with Crippen molar-refractivity contribution in [2.45, 2.75) is 12.8 Å². The van der Waals surface area contributed by atoms with Gasteiger partial charge in [-0.15, -0.1) is 0 Å². The fraction of sp³-hybridized carbons (Fsp3) is 0.300. The van der Waals surface area contributed by atoms with Crippen LogP contribution in [-0.4, -0.2) is 39.5 Å². The maximum atomic E-state index is 13.4. The molecular formula is C20H18F3NO7. The number of esters is 2. The van der Waals surface area contributed by atoms with E-state index in [1.54, 1.807) is 12.1 Å². The average molecular weight is 441 g/mol. The Morgan fingerprint density at radius 2 is 1.87 bits per heavy atom. The number of anilines is 1. The van der Waals surface area contributed by atoms with Crippen LogP contribution in [0, 0.1) is 0 Å². The fourth-order valence-corrected chi connectivity index (χ4v) is 2.90. The first-order valence-corrected chi connectivity index (χ1v) is 8.87. The molecule has 2 heterocycles. The minimum Gasteiger partial charge on any atom is -0.483 e. The van der Waals surface area contributed by atoms with E-state index in [2.05, 4.69) is 4.74 Å². The minimum absolute atomic E-state index is 0.000480. The van der Waals surface area contributed by atoms with Crippen LogP contribution in [0.4, 0.5) is 18.9 Å². The quantitative estimate of drug-likeness (QED) is 0.632. The zero-order valence-electron chi connectivity index (χ0n) is 16.5. The largest absolute Gasteiger partial charge is 0.483 e. The SMILES string of the molecule is COC(=O)C1=C(C(=O)OC)N(c2cc(C(F)(F)F)ccc2OCc2ccco2)COC1. The molecule has 0 amide bonds. The standard InChI is InChI=1S/C20H18F3NO7/c1-27-18(25)14-10-29-11-24(17(14)19(26)28-2)15-8-12(20(21,22)23)5-6-16(15)31-9-13-4-3-7-30-13/h3-8H,9-11H2,1-2H3. The number of alkyl halides is 3. The predicted octanol–water partition coefficient (Wildman–Crippen LogP) is 3.27. The molecule has 0 saturated carbocycles. The number of halogens is 3. The fourth-order valence-electron chi connectivity index (χ4n) is 2.90. The molecule has 1 aliphatic heterocycles. The molecule has 31 heavy (non-hydrogen) atoms. The van der Waals surface area contributed by atoms with Gasteiger partial charge in [-0.3, -0.25) is 0 Å². The van der Waals surface area contributed by atoms with Crippen LogP contribution in [0.3, 0.4) is 0 Å². The number of benzene rings is 1. The van der Waals surface area contributed by atoms with Crippen molar-refractivity contribution in [3.63, 3.8) is 0 Å². The number of furan rings is 1. The number of carbonyl (C=O) groups is 2. The summed E-state index contributed by atoms with van der Waals surface area (Å²) in [6.07, 6.45) is -3.24. The minimum atomic E-state index is -4.66. The van der Waals surface area contributed by atoms with E-state index in [-0.39, 0.29) is 42.7 Å². The maximum absolute atomic E-state index is 13.4. The van der Waals surface area contributed by atoms with E-state index in [4.69, 9.17) is 18.6 Å². The lowest BCUT2D eigenvalue weighted by Crippen LogP contribution is -2.39. The van der Waals surface area contributed by atoms with Crippen molar-refractivity contribution in [2.24, 2.45) is 0 Å². The lowest BCUT2D eigenvalue weighted by atomic mass is 10.1. The molecule has 11 heteroatoms. The highest BCUT2D eigenvalue weighted by molar-refractivity contribution is 6.03. The van der Waals surface area contributed by atoms with Gasteiger partial charge in [-0.2, -0.15) is 13.2 Å². The van der Waals surface area contributed by atoms with Gasteiger partial charge in [0.1, 0.15) is 30.5 Å². The summed E-state index contributed by atoms with van der Waals surface area (Å²) in [5.74, 6) is -1.39. The molecule has 0 radical (unpaired) electrons. The molecule has 0 aliphatic carbocycles. The van der Waals surface area contributed by atoms with Gasteiger partial charge < -0.3 is 28.3 Å². The number of ether oxygens (including phenoxy) is 4. The van der Waals surface area contributed by atoms with Crippen LogP contribution in [0.15, 0.2) is 52.3 Å². The van der Waals surface area contributed by atoms with Crippen LogP contribution in [0.5, 0.6) is 5.75 Å². The molecule has 0 spiro atoms. The van der Waals surface area contributed by atoms with Gasteiger partial charge in [0.25, 0.3) is 0 Å². The van der Waals surface area contributed by atoms with Gasteiger partial charge in [-0.25, -0.2) is 9.59 Å². The van der Waals surface area contributed by atoms with Crippen molar-refractivity contribution in [1.82, 2.24) is 0 Å². The van der Waals surface area contributed by atoms with Crippen LogP contribution >= 0.6 is 0 Å². The maximum Gasteiger partial charge on any atom is 0.416 e. The summed E-state index contributed by atoms with van der Waals surface area (Å²) in [5, 5.41) is 0. The molecule has 8 nitrogen and oxygen atoms in total. The molecule has 0 bridgehead atoms. The Hall–Kier alpha value is -3.47. The Bertz CT molecular complexity index is 983. The van der Waals surface area contributed by atoms with Gasteiger partial charge >= 0.3 is 18.1 Å². The summed E-state index contributed by atoms with van der Waals surface area (Å²) in [6.45, 7) is -0.695. The van der Waals surface area contributed by atoms with Crippen molar-refractivity contribution in [3.8, 4) is 5.75 Å². The average Bonchev–Trinajstić information content (AvgIpc) is 3.29. The van der Waals surface area contributed by atoms with Crippen LogP contribution in [-0.2, 0) is 36.6 Å². The Balaban J connectivity index is 2.11. The second-order valence-corrected chi connectivity index (χ2v) is 6.26. The first kappa shape index (κ1) is 22.2. The highest BCUT2D eigenvalue weighted by Gasteiger charge is 2.36. The zero-order valence-corrected chi connectivity index (χ0v) is 16.5. The van der Waals surface area contributed by atoms with Crippen molar-refractivity contribution >= 4 is 17.6 Å². The zero-order chi connectivity index (χ0) is 22.6. The molecular weight excluding hydrogens is 423 g/mol. The van der Waals surface area contributed by atoms with E-state index in [0.717, 1.165) is 37.3 Å². The van der Waals surface area contributed by atoms with Crippen molar-refractivity contribution in [1.29, 1.82) is 0 Å². The first-order valence-electron chi connectivity index (χ1n) is 8.87. The van der Waals surface area contributed by atoms with E-state index < -0.39 is 23.7 Å². The number of carbonyl (C=O) groups excluding carboxylic acids is 2. The van der Waals surface area contributed by atoms with Gasteiger partial charge in [0.15, 0.2) is 0 Å². The van der Waals surface area contributed by atoms with Crippen LogP contribution in [0.2, 0.25) is 0 Å². The monoisotopic (exact) mass is 441 g/mol. The van der Waals surface area contributed by atoms with E-state index in [0.29, 0.717) is 5.76 Å². The lowest BCUT2D eigenvalue weighted by molar-refractivity contribution is -0.140. The lowest BCUT2D eigenvalue weighted by Gasteiger charge is -2.32. The van der Waals surface area contributed by atoms with Gasteiger partial charge in [-0.1, -0.05) is 0 Å². The van der Waals surface area contributed by atoms with E-state index >= 15 is 0 Å². The topological polar surface area (TPSA) is 87.4 Å². The van der Waals surface area contributed by atoms with Gasteiger partial charge in [0, 0.05) is 0 Å². The van der Waals surface area contributed by atoms with Gasteiger partial charge in [0.2, 0.25) is 0 Å². The summed E-state index contributed by atoms with van der Waals surface area (Å²) in [7, 11) is 2.18. The number of methoxy groups -OCH3 is 2. The molecule has 166 valence electrons. The Morgan fingerprint density at radius 3 is 2.48 bits per heavy atom. The number of hydrogen-bond acceptors (Lipinski definition) is 8. The third-order valence-electron chi connectivity index (χ3n) is 4.36. The number of nitrogens with zero attached hydrogens (tertiary/aromatic N) is 1. The highest BCUT2D eigenvalue weighted by Crippen LogP contribution is 2.39. The summed E-state index contributed by atoms with van der Waals surface area (Å²) in [5.41, 5.74) is -1.64. The second kappa shape index (κ2) is 9.13. The number of hydrogen-bond donors (Lipinski definition) is 0. The van der Waals surface area contributed by atoms with Crippen LogP contribution < -0.4 is 9.64 Å². The third kappa shape index (κ3) is 4.82. The van der Waals surface area contributed by atoms with Gasteiger partial charge in [-0.05, 0) is 30.3 Å². The smallest absolute Gasteiger partial charge is 0.416 e. The Kier molecular flexibility index (Phi) is 6.54. The van der Waals surface area contributed by atoms with E-state index in [1.807, 2.05) is 0 Å². The summed E-state index contributed by atoms with van der Waals surface area (Å²) < 4.78 is 65.7. The first-order chi connectivity index (χ1) is 14.8. The molecule has 3 rings (SSSR count). The molecule has 0 N–H and O–H groups in total. The molecule has 0 atom stereocenters. The second-order valence-electron chi connectivity index (χ2n) is 6.26. The van der Waals surface area contributed by atoms with E-state index in [1.165, 1.54) is 6.26 Å². The van der Waals surface area contributed by atoms with Crippen molar-refractivity contribution < 1.29 is 46.1 Å². The Labute approximate surface area is 174 Å². The summed E-state index contributed by atoms with van der Waals surface area (Å²) in [4.78, 5) is 25.7. The molecule has 1 aliphatic rings. The molecule has 0 fully saturated rings. The molecule has 0 saturated heterocycles. The predicted molar refractivity (Wildman–Crippen MR) is 98.8 cm³/mol. The molecule has 1 aromatic heterocycles. The van der Waals surface area contributed by atoms with Crippen LogP contribution in [0.1, 0.15) is 11.3 Å².